The smallest absolute Gasteiger partial charge is 0.106 e. The van der Waals surface area contributed by atoms with E-state index in [0.717, 1.165) is 12.5 Å². The molecule has 1 aromatic heterocycles. The van der Waals surface area contributed by atoms with Crippen LogP contribution in [0.2, 0.25) is 0 Å². The first kappa shape index (κ1) is 10.1. The fourth-order valence-corrected chi connectivity index (χ4v) is 2.29. The predicted octanol–water partition coefficient (Wildman–Crippen LogP) is 2.81. The predicted molar refractivity (Wildman–Crippen MR) is 60.4 cm³/mol. The number of hydrogen-bond donors (Lipinski definition) is 1. The van der Waals surface area contributed by atoms with Gasteiger partial charge in [0.15, 0.2) is 0 Å². The van der Waals surface area contributed by atoms with Crippen molar-refractivity contribution in [2.45, 2.75) is 45.2 Å². The lowest BCUT2D eigenvalue weighted by molar-refractivity contribution is 0.444. The zero-order valence-electron chi connectivity index (χ0n) is 8.70. The van der Waals surface area contributed by atoms with E-state index in [1.54, 1.807) is 11.3 Å². The first-order valence-electron chi connectivity index (χ1n) is 5.50. The molecule has 0 saturated heterocycles. The van der Waals surface area contributed by atoms with Crippen LogP contribution in [0.15, 0.2) is 11.6 Å². The van der Waals surface area contributed by atoms with Gasteiger partial charge in [-0.05, 0) is 18.8 Å². The Labute approximate surface area is 89.8 Å². The maximum atomic E-state index is 4.27. The van der Waals surface area contributed by atoms with E-state index in [-0.39, 0.29) is 0 Å². The van der Waals surface area contributed by atoms with Gasteiger partial charge in [0.05, 0.1) is 0 Å². The average Bonchev–Trinajstić information content (AvgIpc) is 2.86. The third-order valence-corrected chi connectivity index (χ3v) is 3.61. The Morgan fingerprint density at radius 3 is 3.07 bits per heavy atom. The zero-order valence-corrected chi connectivity index (χ0v) is 9.52. The minimum Gasteiger partial charge on any atom is -0.308 e. The van der Waals surface area contributed by atoms with Gasteiger partial charge in [-0.3, -0.25) is 0 Å². The van der Waals surface area contributed by atoms with E-state index in [2.05, 4.69) is 17.2 Å². The molecule has 1 aliphatic rings. The van der Waals surface area contributed by atoms with E-state index < -0.39 is 0 Å². The molecule has 1 N–H and O–H groups in total. The van der Waals surface area contributed by atoms with E-state index in [4.69, 9.17) is 0 Å². The first-order valence-corrected chi connectivity index (χ1v) is 6.38. The van der Waals surface area contributed by atoms with Crippen LogP contribution in [-0.2, 0) is 6.54 Å². The summed E-state index contributed by atoms with van der Waals surface area (Å²) in [6.07, 6.45) is 7.39. The summed E-state index contributed by atoms with van der Waals surface area (Å²) in [5, 5.41) is 6.84. The Morgan fingerprint density at radius 1 is 1.64 bits per heavy atom. The molecule has 1 fully saturated rings. The molecule has 0 aliphatic heterocycles. The molecule has 1 saturated carbocycles. The van der Waals surface area contributed by atoms with Crippen molar-refractivity contribution < 1.29 is 0 Å². The van der Waals surface area contributed by atoms with E-state index in [0.29, 0.717) is 6.04 Å². The maximum absolute atomic E-state index is 4.27. The van der Waals surface area contributed by atoms with Crippen LogP contribution in [0.3, 0.4) is 0 Å². The number of aromatic nitrogens is 1. The average molecular weight is 210 g/mol. The lowest BCUT2D eigenvalue weighted by atomic mass is 10.1. The van der Waals surface area contributed by atoms with Crippen LogP contribution in [0.25, 0.3) is 0 Å². The fraction of sp³-hybridized carbons (Fsp3) is 0.727. The van der Waals surface area contributed by atoms with Crippen molar-refractivity contribution in [1.82, 2.24) is 10.3 Å². The van der Waals surface area contributed by atoms with Gasteiger partial charge in [-0.1, -0.05) is 19.8 Å². The van der Waals surface area contributed by atoms with Gasteiger partial charge in [0.25, 0.3) is 0 Å². The van der Waals surface area contributed by atoms with E-state index in [1.807, 2.05) is 11.6 Å². The van der Waals surface area contributed by atoms with Crippen LogP contribution < -0.4 is 5.32 Å². The topological polar surface area (TPSA) is 24.9 Å². The third-order valence-electron chi connectivity index (χ3n) is 2.83. The molecular weight excluding hydrogens is 192 g/mol. The summed E-state index contributed by atoms with van der Waals surface area (Å²) < 4.78 is 0. The summed E-state index contributed by atoms with van der Waals surface area (Å²) in [6, 6.07) is 0.700. The minimum atomic E-state index is 0.700. The second-order valence-electron chi connectivity index (χ2n) is 4.09. The van der Waals surface area contributed by atoms with Gasteiger partial charge >= 0.3 is 0 Å². The van der Waals surface area contributed by atoms with E-state index in [1.165, 1.54) is 30.7 Å². The van der Waals surface area contributed by atoms with Crippen molar-refractivity contribution in [3.63, 3.8) is 0 Å². The van der Waals surface area contributed by atoms with Crippen LogP contribution >= 0.6 is 11.3 Å². The molecule has 1 aliphatic carbocycles. The van der Waals surface area contributed by atoms with Crippen LogP contribution in [0.1, 0.15) is 37.6 Å². The molecule has 1 unspecified atom stereocenters. The quantitative estimate of drug-likeness (QED) is 0.781. The summed E-state index contributed by atoms with van der Waals surface area (Å²) in [4.78, 5) is 4.27. The van der Waals surface area contributed by atoms with Crippen LogP contribution in [0.4, 0.5) is 0 Å². The second kappa shape index (κ2) is 4.89. The summed E-state index contributed by atoms with van der Waals surface area (Å²) in [6.45, 7) is 3.21. The van der Waals surface area contributed by atoms with Gasteiger partial charge < -0.3 is 5.32 Å². The number of thiazole rings is 1. The monoisotopic (exact) mass is 210 g/mol. The Hall–Kier alpha value is -0.410. The largest absolute Gasteiger partial charge is 0.308 e. The van der Waals surface area contributed by atoms with Gasteiger partial charge in [-0.15, -0.1) is 11.3 Å². The first-order chi connectivity index (χ1) is 6.88. The van der Waals surface area contributed by atoms with Gasteiger partial charge in [-0.2, -0.15) is 0 Å². The summed E-state index contributed by atoms with van der Waals surface area (Å²) >= 11 is 1.74. The van der Waals surface area contributed by atoms with Crippen molar-refractivity contribution in [2.75, 3.05) is 0 Å². The van der Waals surface area contributed by atoms with Gasteiger partial charge in [0, 0.05) is 24.2 Å². The summed E-state index contributed by atoms with van der Waals surface area (Å²) in [5.74, 6) is 1.02. The standard InChI is InChI=1S/C11H18N2S/c1-2-10(7-9-3-4-9)13-8-11-12-5-6-14-11/h5-6,9-10,13H,2-4,7-8H2,1H3. The third kappa shape index (κ3) is 3.07. The maximum Gasteiger partial charge on any atom is 0.106 e. The van der Waals surface area contributed by atoms with Crippen molar-refractivity contribution in [3.8, 4) is 0 Å². The Bertz CT molecular complexity index is 254. The molecule has 14 heavy (non-hydrogen) atoms. The Morgan fingerprint density at radius 2 is 2.50 bits per heavy atom. The lowest BCUT2D eigenvalue weighted by Crippen LogP contribution is -2.28. The van der Waals surface area contributed by atoms with Crippen LogP contribution in [0, 0.1) is 5.92 Å². The van der Waals surface area contributed by atoms with Crippen molar-refractivity contribution >= 4 is 11.3 Å². The molecule has 1 heterocycles. The van der Waals surface area contributed by atoms with Crippen molar-refractivity contribution in [2.24, 2.45) is 5.92 Å². The number of hydrogen-bond acceptors (Lipinski definition) is 3. The Balaban J connectivity index is 1.71. The molecular formula is C11H18N2S. The highest BCUT2D eigenvalue weighted by atomic mass is 32.1. The number of rotatable bonds is 6. The highest BCUT2D eigenvalue weighted by Gasteiger charge is 2.24. The summed E-state index contributed by atoms with van der Waals surface area (Å²) in [5.41, 5.74) is 0. The highest BCUT2D eigenvalue weighted by Crippen LogP contribution is 2.34. The molecule has 0 aromatic carbocycles. The minimum absolute atomic E-state index is 0.700. The number of nitrogens with zero attached hydrogens (tertiary/aromatic N) is 1. The van der Waals surface area contributed by atoms with Gasteiger partial charge in [-0.25, -0.2) is 4.98 Å². The van der Waals surface area contributed by atoms with Crippen LogP contribution in [0.5, 0.6) is 0 Å². The van der Waals surface area contributed by atoms with E-state index >= 15 is 0 Å². The zero-order chi connectivity index (χ0) is 9.80. The molecule has 0 spiro atoms. The molecule has 3 heteroatoms. The molecule has 0 bridgehead atoms. The van der Waals surface area contributed by atoms with Gasteiger partial charge in [0.2, 0.25) is 0 Å². The van der Waals surface area contributed by atoms with E-state index in [9.17, 15) is 0 Å². The molecule has 0 amide bonds. The van der Waals surface area contributed by atoms with Gasteiger partial charge in [0.1, 0.15) is 5.01 Å². The highest BCUT2D eigenvalue weighted by molar-refractivity contribution is 7.09. The normalized spacial score (nSPS) is 18.4. The molecule has 1 atom stereocenters. The molecule has 0 radical (unpaired) electrons. The molecule has 2 rings (SSSR count). The molecule has 78 valence electrons. The lowest BCUT2D eigenvalue weighted by Gasteiger charge is -2.15. The summed E-state index contributed by atoms with van der Waals surface area (Å²) in [7, 11) is 0. The number of nitrogens with one attached hydrogen (secondary N) is 1. The SMILES string of the molecule is CCC(CC1CC1)NCc1nccs1. The Kier molecular flexibility index (Phi) is 3.54. The molecule has 2 nitrogen and oxygen atoms in total. The fourth-order valence-electron chi connectivity index (χ4n) is 1.72. The van der Waals surface area contributed by atoms with Crippen molar-refractivity contribution in [1.29, 1.82) is 0 Å². The van der Waals surface area contributed by atoms with Crippen molar-refractivity contribution in [3.05, 3.63) is 16.6 Å². The molecule has 1 aromatic rings. The van der Waals surface area contributed by atoms with Crippen LogP contribution in [-0.4, -0.2) is 11.0 Å². The second-order valence-corrected chi connectivity index (χ2v) is 5.07.